The molecular weight excluding hydrogens is 280 g/mol. The van der Waals surface area contributed by atoms with Gasteiger partial charge in [-0.15, -0.1) is 0 Å². The summed E-state index contributed by atoms with van der Waals surface area (Å²) in [5, 5.41) is 7.00. The molecule has 1 aliphatic rings. The molecule has 0 unspecified atom stereocenters. The molecule has 0 spiro atoms. The van der Waals surface area contributed by atoms with Gasteiger partial charge in [-0.25, -0.2) is 0 Å². The van der Waals surface area contributed by atoms with Crippen molar-refractivity contribution in [1.29, 1.82) is 0 Å². The highest BCUT2D eigenvalue weighted by Gasteiger charge is 2.49. The molecule has 7 nitrogen and oxygen atoms in total. The summed E-state index contributed by atoms with van der Waals surface area (Å²) in [4.78, 5) is 23.4. The third-order valence-corrected chi connectivity index (χ3v) is 4.23. The van der Waals surface area contributed by atoms with Gasteiger partial charge in [-0.1, -0.05) is 0 Å². The number of carbonyl (C=O) groups excluding carboxylic acids is 1. The zero-order valence-electron chi connectivity index (χ0n) is 12.9. The fourth-order valence-electron chi connectivity index (χ4n) is 3.25. The Bertz CT molecular complexity index is 655. The summed E-state index contributed by atoms with van der Waals surface area (Å²) in [6, 6.07) is 0. The van der Waals surface area contributed by atoms with Gasteiger partial charge < -0.3 is 5.32 Å². The van der Waals surface area contributed by atoms with E-state index >= 15 is 0 Å². The van der Waals surface area contributed by atoms with Crippen molar-refractivity contribution in [2.45, 2.75) is 24.9 Å². The Morgan fingerprint density at radius 1 is 1.41 bits per heavy atom. The van der Waals surface area contributed by atoms with E-state index in [0.717, 1.165) is 24.9 Å². The molecule has 0 radical (unpaired) electrons. The van der Waals surface area contributed by atoms with Crippen LogP contribution in [0.4, 0.5) is 0 Å². The Hall–Kier alpha value is -2.28. The maximum atomic E-state index is 12.7. The summed E-state index contributed by atoms with van der Waals surface area (Å²) in [5.74, 6) is -0.0330. The number of aryl methyl sites for hydroxylation is 1. The first kappa shape index (κ1) is 14.6. The summed E-state index contributed by atoms with van der Waals surface area (Å²) >= 11 is 0. The lowest BCUT2D eigenvalue weighted by Gasteiger charge is -2.35. The minimum absolute atomic E-state index is 0.0330. The van der Waals surface area contributed by atoms with Gasteiger partial charge in [0.05, 0.1) is 18.1 Å². The Kier molecular flexibility index (Phi) is 3.89. The Balaban J connectivity index is 1.98. The number of hydrogen-bond donors (Lipinski definition) is 1. The largest absolute Gasteiger partial charge is 0.357 e. The van der Waals surface area contributed by atoms with E-state index in [9.17, 15) is 4.79 Å². The van der Waals surface area contributed by atoms with E-state index in [1.807, 2.05) is 19.4 Å². The van der Waals surface area contributed by atoms with Crippen molar-refractivity contribution < 1.29 is 4.79 Å². The van der Waals surface area contributed by atoms with Crippen LogP contribution in [0.3, 0.4) is 0 Å². The van der Waals surface area contributed by atoms with E-state index in [4.69, 9.17) is 0 Å². The van der Waals surface area contributed by atoms with Crippen molar-refractivity contribution in [2.24, 2.45) is 7.05 Å². The van der Waals surface area contributed by atoms with Gasteiger partial charge in [0.1, 0.15) is 5.54 Å². The van der Waals surface area contributed by atoms with Crippen molar-refractivity contribution in [3.8, 4) is 0 Å². The molecule has 0 bridgehead atoms. The van der Waals surface area contributed by atoms with E-state index < -0.39 is 5.54 Å². The lowest BCUT2D eigenvalue weighted by molar-refractivity contribution is -0.132. The maximum Gasteiger partial charge on any atom is 0.246 e. The standard InChI is InChI=1S/C15H20N6O/c1-16-14(22)15(13-9-17-5-6-18-13)4-3-7-21(15)11-12-8-19-20(2)10-12/h5-6,8-10H,3-4,7,11H2,1-2H3,(H,16,22)/t15-/m0/s1. The van der Waals surface area contributed by atoms with Gasteiger partial charge in [0.25, 0.3) is 0 Å². The monoisotopic (exact) mass is 300 g/mol. The van der Waals surface area contributed by atoms with Gasteiger partial charge >= 0.3 is 0 Å². The predicted molar refractivity (Wildman–Crippen MR) is 80.6 cm³/mol. The smallest absolute Gasteiger partial charge is 0.246 e. The highest BCUT2D eigenvalue weighted by Crippen LogP contribution is 2.38. The van der Waals surface area contributed by atoms with Crippen molar-refractivity contribution in [2.75, 3.05) is 13.6 Å². The summed E-state index contributed by atoms with van der Waals surface area (Å²) in [5.41, 5.74) is 1.04. The van der Waals surface area contributed by atoms with Gasteiger partial charge in [-0.2, -0.15) is 5.10 Å². The Morgan fingerprint density at radius 3 is 2.91 bits per heavy atom. The lowest BCUT2D eigenvalue weighted by atomic mass is 9.90. The van der Waals surface area contributed by atoms with Crippen LogP contribution in [0.5, 0.6) is 0 Å². The average molecular weight is 300 g/mol. The van der Waals surface area contributed by atoms with E-state index in [1.165, 1.54) is 0 Å². The molecule has 1 aliphatic heterocycles. The normalized spacial score (nSPS) is 21.9. The Labute approximate surface area is 129 Å². The molecular formula is C15H20N6O. The van der Waals surface area contributed by atoms with Crippen molar-refractivity contribution in [3.05, 3.63) is 42.2 Å². The number of amides is 1. The van der Waals surface area contributed by atoms with Crippen molar-refractivity contribution >= 4 is 5.91 Å². The molecule has 1 N–H and O–H groups in total. The zero-order chi connectivity index (χ0) is 15.6. The molecule has 7 heteroatoms. The number of nitrogens with one attached hydrogen (secondary N) is 1. The first-order chi connectivity index (χ1) is 10.7. The van der Waals surface area contributed by atoms with Crippen LogP contribution in [0.2, 0.25) is 0 Å². The molecule has 0 saturated carbocycles. The van der Waals surface area contributed by atoms with Crippen molar-refractivity contribution in [1.82, 2.24) is 30.0 Å². The molecule has 1 saturated heterocycles. The fourth-order valence-corrected chi connectivity index (χ4v) is 3.25. The number of carbonyl (C=O) groups is 1. The number of likely N-dealkylation sites (N-methyl/N-ethyl adjacent to an activating group) is 1. The van der Waals surface area contributed by atoms with Gasteiger partial charge in [-0.05, 0) is 19.4 Å². The van der Waals surface area contributed by atoms with Gasteiger partial charge in [-0.3, -0.25) is 24.3 Å². The molecule has 1 amide bonds. The minimum Gasteiger partial charge on any atom is -0.357 e. The third kappa shape index (κ3) is 2.37. The van der Waals surface area contributed by atoms with Crippen LogP contribution in [0, 0.1) is 0 Å². The Morgan fingerprint density at radius 2 is 2.27 bits per heavy atom. The predicted octanol–water partition coefficient (Wildman–Crippen LogP) is 0.447. The zero-order valence-corrected chi connectivity index (χ0v) is 12.9. The SMILES string of the molecule is CNC(=O)[C@@]1(c2cnccn2)CCCN1Cc1cnn(C)c1. The fraction of sp³-hybridized carbons (Fsp3) is 0.467. The van der Waals surface area contributed by atoms with Crippen LogP contribution in [-0.2, 0) is 23.9 Å². The van der Waals surface area contributed by atoms with Crippen LogP contribution >= 0.6 is 0 Å². The second-order valence-corrected chi connectivity index (χ2v) is 5.58. The van der Waals surface area contributed by atoms with Crippen LogP contribution in [0.1, 0.15) is 24.1 Å². The minimum atomic E-state index is -0.751. The summed E-state index contributed by atoms with van der Waals surface area (Å²) in [6.07, 6.45) is 10.5. The second-order valence-electron chi connectivity index (χ2n) is 5.58. The van der Waals surface area contributed by atoms with E-state index in [2.05, 4.69) is 25.3 Å². The molecule has 1 atom stereocenters. The summed E-state index contributed by atoms with van der Waals surface area (Å²) in [7, 11) is 3.56. The lowest BCUT2D eigenvalue weighted by Crippen LogP contribution is -2.52. The molecule has 0 aromatic carbocycles. The maximum absolute atomic E-state index is 12.7. The number of likely N-dealkylation sites (tertiary alicyclic amines) is 1. The van der Waals surface area contributed by atoms with E-state index in [0.29, 0.717) is 12.2 Å². The molecule has 0 aliphatic carbocycles. The molecule has 22 heavy (non-hydrogen) atoms. The van der Waals surface area contributed by atoms with Crippen LogP contribution < -0.4 is 5.32 Å². The van der Waals surface area contributed by atoms with Crippen LogP contribution in [0.25, 0.3) is 0 Å². The molecule has 2 aromatic heterocycles. The second kappa shape index (κ2) is 5.84. The first-order valence-corrected chi connectivity index (χ1v) is 7.38. The molecule has 3 heterocycles. The molecule has 3 rings (SSSR count). The van der Waals surface area contributed by atoms with Gasteiger partial charge in [0, 0.05) is 44.8 Å². The van der Waals surface area contributed by atoms with Crippen LogP contribution in [-0.4, -0.2) is 44.1 Å². The molecule has 2 aromatic rings. The summed E-state index contributed by atoms with van der Waals surface area (Å²) < 4.78 is 1.77. The number of hydrogen-bond acceptors (Lipinski definition) is 5. The quantitative estimate of drug-likeness (QED) is 0.887. The van der Waals surface area contributed by atoms with Crippen LogP contribution in [0.15, 0.2) is 31.0 Å². The third-order valence-electron chi connectivity index (χ3n) is 4.23. The number of aromatic nitrogens is 4. The van der Waals surface area contributed by atoms with E-state index in [-0.39, 0.29) is 5.91 Å². The average Bonchev–Trinajstić information content (AvgIpc) is 3.15. The number of nitrogens with zero attached hydrogens (tertiary/aromatic N) is 5. The van der Waals surface area contributed by atoms with E-state index in [1.54, 1.807) is 30.3 Å². The van der Waals surface area contributed by atoms with Crippen molar-refractivity contribution in [3.63, 3.8) is 0 Å². The topological polar surface area (TPSA) is 75.9 Å². The van der Waals surface area contributed by atoms with Gasteiger partial charge in [0.15, 0.2) is 0 Å². The number of rotatable bonds is 4. The molecule has 1 fully saturated rings. The highest BCUT2D eigenvalue weighted by atomic mass is 16.2. The first-order valence-electron chi connectivity index (χ1n) is 7.38. The van der Waals surface area contributed by atoms with Gasteiger partial charge in [0.2, 0.25) is 5.91 Å². The molecule has 116 valence electrons. The summed E-state index contributed by atoms with van der Waals surface area (Å²) in [6.45, 7) is 1.51. The highest BCUT2D eigenvalue weighted by molar-refractivity contribution is 5.87.